The molecule has 16 atom stereocenters. The van der Waals surface area contributed by atoms with Crippen molar-refractivity contribution in [2.24, 2.45) is 34.0 Å². The van der Waals surface area contributed by atoms with E-state index in [1.54, 1.807) is 33.8 Å². The Morgan fingerprint density at radius 1 is 0.942 bits per heavy atom. The van der Waals surface area contributed by atoms with E-state index in [0.717, 1.165) is 0 Å². The molecule has 3 aliphatic carbocycles. The monoisotopic (exact) mass is 734 g/mol. The van der Waals surface area contributed by atoms with Crippen LogP contribution in [-0.4, -0.2) is 128 Å². The Bertz CT molecular complexity index is 1680. The molecule has 16 unspecified atom stereocenters. The van der Waals surface area contributed by atoms with E-state index < -0.39 is 117 Å². The van der Waals surface area contributed by atoms with Crippen LogP contribution in [0.25, 0.3) is 0 Å². The van der Waals surface area contributed by atoms with Crippen molar-refractivity contribution in [1.29, 1.82) is 0 Å². The number of ether oxygens (including phenoxy) is 10. The fourth-order valence-corrected chi connectivity index (χ4v) is 12.5. The van der Waals surface area contributed by atoms with Crippen LogP contribution in [0.15, 0.2) is 24.0 Å². The highest BCUT2D eigenvalue weighted by Gasteiger charge is 2.95. The molecule has 0 amide bonds. The third-order valence-corrected chi connectivity index (χ3v) is 14.5. The summed E-state index contributed by atoms with van der Waals surface area (Å²) in [5, 5.41) is 25.7. The third-order valence-electron chi connectivity index (χ3n) is 14.5. The normalized spacial score (nSPS) is 53.1. The summed E-state index contributed by atoms with van der Waals surface area (Å²) >= 11 is 0. The Morgan fingerprint density at radius 2 is 1.65 bits per heavy atom. The van der Waals surface area contributed by atoms with Gasteiger partial charge in [-0.25, -0.2) is 9.59 Å². The lowest BCUT2D eigenvalue weighted by Crippen LogP contribution is -2.79. The van der Waals surface area contributed by atoms with E-state index in [0.29, 0.717) is 0 Å². The van der Waals surface area contributed by atoms with Crippen molar-refractivity contribution in [2.75, 3.05) is 34.5 Å². The maximum absolute atomic E-state index is 14.4. The summed E-state index contributed by atoms with van der Waals surface area (Å²) in [4.78, 5) is 55.1. The number of carbonyl (C=O) groups is 4. The summed E-state index contributed by atoms with van der Waals surface area (Å²) in [5.41, 5.74) is -10.1. The molecule has 5 aliphatic heterocycles. The van der Waals surface area contributed by atoms with Crippen molar-refractivity contribution < 1.29 is 76.8 Å². The van der Waals surface area contributed by atoms with Gasteiger partial charge >= 0.3 is 23.9 Å². The Labute approximate surface area is 299 Å². The van der Waals surface area contributed by atoms with Gasteiger partial charge in [0.1, 0.15) is 28.8 Å². The molecule has 52 heavy (non-hydrogen) atoms. The van der Waals surface area contributed by atoms with Gasteiger partial charge in [-0.1, -0.05) is 13.0 Å². The van der Waals surface area contributed by atoms with E-state index in [-0.39, 0.29) is 31.6 Å². The van der Waals surface area contributed by atoms with E-state index in [1.807, 2.05) is 0 Å². The predicted molar refractivity (Wildman–Crippen MR) is 169 cm³/mol. The number of esters is 4. The Morgan fingerprint density at radius 3 is 2.29 bits per heavy atom. The smallest absolute Gasteiger partial charge is 0.366 e. The maximum atomic E-state index is 14.4. The number of rotatable bonds is 6. The summed E-state index contributed by atoms with van der Waals surface area (Å²) < 4.78 is 61.6. The molecule has 4 saturated heterocycles. The fraction of sp³-hybridized carbons (Fsp3) is 0.778. The number of hydrogen-bond acceptors (Lipinski definition) is 16. The average Bonchev–Trinajstić information content (AvgIpc) is 3.89. The van der Waals surface area contributed by atoms with Gasteiger partial charge in [0.25, 0.3) is 5.79 Å². The third kappa shape index (κ3) is 3.63. The first-order valence-corrected chi connectivity index (χ1v) is 17.6. The van der Waals surface area contributed by atoms with Crippen LogP contribution in [-0.2, 0) is 66.5 Å². The molecule has 5 heterocycles. The fourth-order valence-electron chi connectivity index (χ4n) is 12.5. The van der Waals surface area contributed by atoms with Crippen LogP contribution in [0.1, 0.15) is 47.5 Å². The quantitative estimate of drug-likeness (QED) is 0.216. The molecule has 2 N–H and O–H groups in total. The molecule has 3 saturated carbocycles. The van der Waals surface area contributed by atoms with E-state index in [2.05, 4.69) is 0 Å². The Hall–Kier alpha value is -3.12. The number of allylic oxidation sites excluding steroid dienone is 1. The number of fused-ring (bicyclic) bond motifs is 11. The van der Waals surface area contributed by atoms with Gasteiger partial charge in [0.05, 0.1) is 52.0 Å². The molecule has 1 spiro atoms. The lowest BCUT2D eigenvalue weighted by Gasteiger charge is -2.65. The average molecular weight is 735 g/mol. The second kappa shape index (κ2) is 11.0. The van der Waals surface area contributed by atoms with Gasteiger partial charge in [0, 0.05) is 54.6 Å². The summed E-state index contributed by atoms with van der Waals surface area (Å²) in [6.07, 6.45) is -2.55. The van der Waals surface area contributed by atoms with Crippen molar-refractivity contribution in [3.63, 3.8) is 0 Å². The molecule has 8 aliphatic rings. The zero-order valence-corrected chi connectivity index (χ0v) is 30.4. The minimum absolute atomic E-state index is 0.142. The molecule has 8 rings (SSSR count). The zero-order valence-electron chi connectivity index (χ0n) is 30.4. The second-order valence-electron chi connectivity index (χ2n) is 15.9. The second-order valence-corrected chi connectivity index (χ2v) is 15.9. The number of hydrogen-bond donors (Lipinski definition) is 2. The molecular weight excluding hydrogens is 688 g/mol. The Kier molecular flexibility index (Phi) is 7.58. The minimum atomic E-state index is -2.28. The van der Waals surface area contributed by atoms with Crippen molar-refractivity contribution in [3.05, 3.63) is 24.0 Å². The number of carbonyl (C=O) groups excluding carboxylic acids is 4. The van der Waals surface area contributed by atoms with E-state index in [1.165, 1.54) is 40.6 Å². The van der Waals surface area contributed by atoms with Crippen LogP contribution in [0.5, 0.6) is 0 Å². The molecule has 2 bridgehead atoms. The van der Waals surface area contributed by atoms with Gasteiger partial charge in [-0.3, -0.25) is 9.59 Å². The Balaban J connectivity index is 1.44. The van der Waals surface area contributed by atoms with Gasteiger partial charge in [-0.2, -0.15) is 0 Å². The molecule has 16 nitrogen and oxygen atoms in total. The highest BCUT2D eigenvalue weighted by molar-refractivity contribution is 5.88. The van der Waals surface area contributed by atoms with Gasteiger partial charge in [-0.05, 0) is 33.3 Å². The van der Waals surface area contributed by atoms with Crippen molar-refractivity contribution in [1.82, 2.24) is 0 Å². The molecule has 16 heteroatoms. The lowest BCUT2D eigenvalue weighted by atomic mass is 9.37. The van der Waals surface area contributed by atoms with Crippen LogP contribution < -0.4 is 0 Å². The maximum Gasteiger partial charge on any atom is 0.366 e. The van der Waals surface area contributed by atoms with Gasteiger partial charge in [0.2, 0.25) is 6.29 Å². The van der Waals surface area contributed by atoms with Gasteiger partial charge < -0.3 is 57.6 Å². The minimum Gasteiger partial charge on any atom is -0.469 e. The van der Waals surface area contributed by atoms with Crippen molar-refractivity contribution >= 4 is 23.9 Å². The summed E-state index contributed by atoms with van der Waals surface area (Å²) in [6, 6.07) is 0. The first-order chi connectivity index (χ1) is 24.5. The van der Waals surface area contributed by atoms with Crippen LogP contribution in [0.4, 0.5) is 0 Å². The molecule has 286 valence electrons. The van der Waals surface area contributed by atoms with E-state index in [9.17, 15) is 29.4 Å². The molecule has 7 fully saturated rings. The van der Waals surface area contributed by atoms with Crippen LogP contribution in [0.2, 0.25) is 0 Å². The highest BCUT2D eigenvalue weighted by Crippen LogP contribution is 2.81. The summed E-state index contributed by atoms with van der Waals surface area (Å²) in [7, 11) is 3.64. The van der Waals surface area contributed by atoms with Gasteiger partial charge in [-0.15, -0.1) is 0 Å². The first kappa shape index (κ1) is 35.9. The molecule has 0 aromatic rings. The zero-order chi connectivity index (χ0) is 37.6. The molecule has 0 radical (unpaired) electrons. The van der Waals surface area contributed by atoms with Crippen LogP contribution in [0, 0.1) is 34.0 Å². The van der Waals surface area contributed by atoms with Crippen molar-refractivity contribution in [2.45, 2.75) is 107 Å². The van der Waals surface area contributed by atoms with E-state index in [4.69, 9.17) is 47.4 Å². The van der Waals surface area contributed by atoms with E-state index >= 15 is 0 Å². The predicted octanol–water partition coefficient (Wildman–Crippen LogP) is 0.451. The lowest BCUT2D eigenvalue weighted by molar-refractivity contribution is -0.318. The number of aliphatic hydroxyl groups is 2. The van der Waals surface area contributed by atoms with Crippen LogP contribution in [0.3, 0.4) is 0 Å². The first-order valence-electron chi connectivity index (χ1n) is 17.6. The highest BCUT2D eigenvalue weighted by atomic mass is 16.7. The van der Waals surface area contributed by atoms with Crippen molar-refractivity contribution in [3.8, 4) is 0 Å². The molecule has 0 aromatic heterocycles. The summed E-state index contributed by atoms with van der Waals surface area (Å²) in [6.45, 7) is 7.20. The summed E-state index contributed by atoms with van der Waals surface area (Å²) in [5.74, 6) is -8.60. The van der Waals surface area contributed by atoms with Crippen LogP contribution >= 0.6 is 0 Å². The van der Waals surface area contributed by atoms with Gasteiger partial charge in [0.15, 0.2) is 5.60 Å². The molecule has 0 aromatic carbocycles. The topological polar surface area (TPSA) is 201 Å². The SMILES string of the molecule is CC=C(C)C(=O)OC1CC(OC(C)=O)C2(C(=O)OC)COC3C2C12COC(OC)(C(=O)OC)C2C1(C)C3OC2(C)C3CC(OC4OC=CC43O)C21O. The molecular formula is C36H46O16. The number of methoxy groups -OCH3 is 3. The largest absolute Gasteiger partial charge is 0.469 e. The standard InChI is InChI=1S/C36H46O16/c1-9-16(2)25(38)50-19-13-20(49-17(3)37)33(27(39)43-6)14-47-22-23(33)32(19)15-48-35(45-8,28(40)44-7)26(32)30(4)24(22)52-31(5)18-12-21(36(30,31)42)51-29-34(18,41)10-11-46-29/h9-11,18-24,26,29,41-42H,12-15H2,1-8H3.